The van der Waals surface area contributed by atoms with E-state index >= 15 is 0 Å². The third-order valence-electron chi connectivity index (χ3n) is 2.67. The van der Waals surface area contributed by atoms with E-state index in [-0.39, 0.29) is 24.0 Å². The van der Waals surface area contributed by atoms with Crippen molar-refractivity contribution in [1.29, 1.82) is 0 Å². The Balaban J connectivity index is 2.41. The van der Waals surface area contributed by atoms with Gasteiger partial charge in [-0.05, 0) is 30.7 Å². The minimum atomic E-state index is -3.77. The molecule has 1 heterocycles. The molecular weight excluding hydrogens is 284 g/mol. The van der Waals surface area contributed by atoms with E-state index in [4.69, 9.17) is 4.74 Å². The molecule has 2 amide bonds. The maximum absolute atomic E-state index is 12.0. The van der Waals surface area contributed by atoms with Crippen molar-refractivity contribution in [2.45, 2.75) is 19.6 Å². The quantitative estimate of drug-likeness (QED) is 0.892. The molecule has 0 radical (unpaired) electrons. The van der Waals surface area contributed by atoms with Crippen LogP contribution in [0.3, 0.4) is 0 Å². The summed E-state index contributed by atoms with van der Waals surface area (Å²) < 4.78 is 29.4. The molecule has 108 valence electrons. The first kappa shape index (κ1) is 14.3. The minimum Gasteiger partial charge on any atom is -0.449 e. The molecule has 8 heteroatoms. The summed E-state index contributed by atoms with van der Waals surface area (Å²) >= 11 is 0. The standard InChI is InChI=1S/C12H14N2O5S/c1-3-19-12(16)14-11-5-4-10(13-8(2)15)6-9(11)7-20(14,17)18/h4-6H,3,7H2,1-2H3,(H,13,15). The van der Waals surface area contributed by atoms with Crippen LogP contribution in [0.4, 0.5) is 16.2 Å². The summed E-state index contributed by atoms with van der Waals surface area (Å²) in [5.41, 5.74) is 1.19. The van der Waals surface area contributed by atoms with E-state index in [2.05, 4.69) is 5.32 Å². The number of hydrogen-bond donors (Lipinski definition) is 1. The van der Waals surface area contributed by atoms with Crippen molar-refractivity contribution in [3.05, 3.63) is 23.8 Å². The van der Waals surface area contributed by atoms with Gasteiger partial charge < -0.3 is 10.1 Å². The molecule has 0 fully saturated rings. The lowest BCUT2D eigenvalue weighted by Crippen LogP contribution is -2.34. The van der Waals surface area contributed by atoms with Crippen LogP contribution in [0.25, 0.3) is 0 Å². The van der Waals surface area contributed by atoms with E-state index < -0.39 is 16.1 Å². The number of ether oxygens (including phenoxy) is 1. The van der Waals surface area contributed by atoms with Gasteiger partial charge in [0, 0.05) is 12.6 Å². The Morgan fingerprint density at radius 3 is 2.70 bits per heavy atom. The highest BCUT2D eigenvalue weighted by Gasteiger charge is 2.39. The molecule has 0 spiro atoms. The molecule has 2 rings (SSSR count). The Morgan fingerprint density at radius 1 is 1.40 bits per heavy atom. The summed E-state index contributed by atoms with van der Waals surface area (Å²) in [6.45, 7) is 3.04. The van der Waals surface area contributed by atoms with E-state index in [1.165, 1.54) is 25.1 Å². The van der Waals surface area contributed by atoms with Crippen LogP contribution in [0, 0.1) is 0 Å². The van der Waals surface area contributed by atoms with Gasteiger partial charge >= 0.3 is 6.09 Å². The van der Waals surface area contributed by atoms with Gasteiger partial charge in [-0.3, -0.25) is 4.79 Å². The predicted octanol–water partition coefficient (Wildman–Crippen LogP) is 1.45. The van der Waals surface area contributed by atoms with Gasteiger partial charge in [-0.15, -0.1) is 0 Å². The molecular formula is C12H14N2O5S. The number of benzene rings is 1. The van der Waals surface area contributed by atoms with E-state index in [1.54, 1.807) is 6.92 Å². The normalized spacial score (nSPS) is 15.6. The zero-order valence-electron chi connectivity index (χ0n) is 11.0. The molecule has 7 nitrogen and oxygen atoms in total. The molecule has 20 heavy (non-hydrogen) atoms. The summed E-state index contributed by atoms with van der Waals surface area (Å²) in [7, 11) is -3.77. The second-order valence-corrected chi connectivity index (χ2v) is 6.06. The van der Waals surface area contributed by atoms with Gasteiger partial charge in [0.1, 0.15) is 0 Å². The van der Waals surface area contributed by atoms with Crippen molar-refractivity contribution in [2.24, 2.45) is 0 Å². The van der Waals surface area contributed by atoms with Gasteiger partial charge in [0.05, 0.1) is 18.0 Å². The second kappa shape index (κ2) is 5.12. The maximum atomic E-state index is 12.0. The monoisotopic (exact) mass is 298 g/mol. The molecule has 0 atom stereocenters. The molecule has 1 aromatic rings. The predicted molar refractivity (Wildman–Crippen MR) is 72.9 cm³/mol. The van der Waals surface area contributed by atoms with Gasteiger partial charge in [0.25, 0.3) is 0 Å². The van der Waals surface area contributed by atoms with E-state index in [0.717, 1.165) is 0 Å². The number of rotatable bonds is 2. The molecule has 0 aliphatic carbocycles. The van der Waals surface area contributed by atoms with Crippen molar-refractivity contribution >= 4 is 33.4 Å². The summed E-state index contributed by atoms with van der Waals surface area (Å²) in [4.78, 5) is 22.7. The molecule has 0 unspecified atom stereocenters. The van der Waals surface area contributed by atoms with Crippen LogP contribution >= 0.6 is 0 Å². The average molecular weight is 298 g/mol. The molecule has 0 saturated carbocycles. The zero-order chi connectivity index (χ0) is 14.9. The summed E-state index contributed by atoms with van der Waals surface area (Å²) in [6, 6.07) is 4.54. The molecule has 0 saturated heterocycles. The summed E-state index contributed by atoms with van der Waals surface area (Å²) in [5.74, 6) is -0.553. The molecule has 1 aliphatic heterocycles. The Kier molecular flexibility index (Phi) is 3.67. The van der Waals surface area contributed by atoms with Gasteiger partial charge in [-0.25, -0.2) is 13.2 Å². The van der Waals surface area contributed by atoms with Crippen LogP contribution < -0.4 is 9.62 Å². The number of carbonyl (C=O) groups is 2. The maximum Gasteiger partial charge on any atom is 0.428 e. The highest BCUT2D eigenvalue weighted by atomic mass is 32.2. The first-order chi connectivity index (χ1) is 9.35. The number of sulfonamides is 1. The largest absolute Gasteiger partial charge is 0.449 e. The van der Waals surface area contributed by atoms with E-state index in [0.29, 0.717) is 15.6 Å². The second-order valence-electron chi connectivity index (χ2n) is 4.24. The number of nitrogens with zero attached hydrogens (tertiary/aromatic N) is 1. The van der Waals surface area contributed by atoms with Gasteiger partial charge in [-0.2, -0.15) is 4.31 Å². The fraction of sp³-hybridized carbons (Fsp3) is 0.333. The summed E-state index contributed by atoms with van der Waals surface area (Å²) in [5, 5.41) is 2.56. The lowest BCUT2D eigenvalue weighted by molar-refractivity contribution is -0.114. The van der Waals surface area contributed by atoms with E-state index in [9.17, 15) is 18.0 Å². The molecule has 0 aromatic heterocycles. The Bertz CT molecular complexity index is 668. The molecule has 0 bridgehead atoms. The molecule has 1 aromatic carbocycles. The van der Waals surface area contributed by atoms with Crippen LogP contribution in [0.5, 0.6) is 0 Å². The fourth-order valence-electron chi connectivity index (χ4n) is 1.99. The first-order valence-corrected chi connectivity index (χ1v) is 7.56. The van der Waals surface area contributed by atoms with Crippen molar-refractivity contribution in [1.82, 2.24) is 0 Å². The fourth-order valence-corrected chi connectivity index (χ4v) is 3.50. The van der Waals surface area contributed by atoms with E-state index in [1.807, 2.05) is 0 Å². The summed E-state index contributed by atoms with van der Waals surface area (Å²) in [6.07, 6.45) is -0.918. The Morgan fingerprint density at radius 2 is 2.10 bits per heavy atom. The highest BCUT2D eigenvalue weighted by molar-refractivity contribution is 7.93. The number of anilines is 2. The Hall–Kier alpha value is -2.09. The lowest BCUT2D eigenvalue weighted by Gasteiger charge is -2.15. The number of carbonyl (C=O) groups excluding carboxylic acids is 2. The van der Waals surface area contributed by atoms with Crippen molar-refractivity contribution in [3.63, 3.8) is 0 Å². The molecule has 1 aliphatic rings. The SMILES string of the molecule is CCOC(=O)N1c2ccc(NC(C)=O)cc2CS1(=O)=O. The third kappa shape index (κ3) is 2.60. The average Bonchev–Trinajstić information content (AvgIpc) is 2.57. The van der Waals surface area contributed by atoms with Gasteiger partial charge in [0.2, 0.25) is 15.9 Å². The van der Waals surface area contributed by atoms with Crippen LogP contribution in [-0.4, -0.2) is 27.0 Å². The topological polar surface area (TPSA) is 92.8 Å². The number of nitrogens with one attached hydrogen (secondary N) is 1. The van der Waals surface area contributed by atoms with Crippen LogP contribution in [0.1, 0.15) is 19.4 Å². The highest BCUT2D eigenvalue weighted by Crippen LogP contribution is 2.35. The van der Waals surface area contributed by atoms with Crippen molar-refractivity contribution < 1.29 is 22.7 Å². The third-order valence-corrected chi connectivity index (χ3v) is 4.25. The first-order valence-electron chi connectivity index (χ1n) is 5.95. The number of hydrogen-bond acceptors (Lipinski definition) is 5. The number of fused-ring (bicyclic) bond motifs is 1. The van der Waals surface area contributed by atoms with Crippen LogP contribution in [0.15, 0.2) is 18.2 Å². The van der Waals surface area contributed by atoms with Gasteiger partial charge in [-0.1, -0.05) is 0 Å². The molecule has 1 N–H and O–H groups in total. The van der Waals surface area contributed by atoms with Crippen LogP contribution in [-0.2, 0) is 25.3 Å². The number of amides is 2. The van der Waals surface area contributed by atoms with Crippen molar-refractivity contribution in [3.8, 4) is 0 Å². The zero-order valence-corrected chi connectivity index (χ0v) is 11.9. The lowest BCUT2D eigenvalue weighted by atomic mass is 10.2. The van der Waals surface area contributed by atoms with Gasteiger partial charge in [0.15, 0.2) is 0 Å². The minimum absolute atomic E-state index is 0.0875. The van der Waals surface area contributed by atoms with Crippen LogP contribution in [0.2, 0.25) is 0 Å². The smallest absolute Gasteiger partial charge is 0.428 e. The Labute approximate surface area is 116 Å². The van der Waals surface area contributed by atoms with Crippen molar-refractivity contribution in [2.75, 3.05) is 16.2 Å².